The fraction of sp³-hybridized carbons (Fsp3) is 0.985. The summed E-state index contributed by atoms with van der Waals surface area (Å²) in [7, 11) is 0. The highest BCUT2D eigenvalue weighted by atomic mass is 16.7. The molecular weight excluding hydrogens is 1030 g/mol. The Kier molecular flexibility index (Phi) is 50.0. The van der Waals surface area contributed by atoms with Crippen LogP contribution in [0.2, 0.25) is 0 Å². The van der Waals surface area contributed by atoms with Crippen LogP contribution in [0.1, 0.15) is 328 Å². The summed E-state index contributed by atoms with van der Waals surface area (Å²) >= 11 is 0. The van der Waals surface area contributed by atoms with Gasteiger partial charge in [-0.3, -0.25) is 4.79 Å². The molecule has 0 saturated carbocycles. The van der Waals surface area contributed by atoms with Gasteiger partial charge >= 0.3 is 0 Å². The van der Waals surface area contributed by atoms with E-state index in [-0.39, 0.29) is 12.5 Å². The molecule has 0 aromatic rings. The number of rotatable bonds is 58. The van der Waals surface area contributed by atoms with Crippen LogP contribution in [0.5, 0.6) is 0 Å². The Hall–Kier alpha value is -1.01. The van der Waals surface area contributed by atoms with Crippen molar-refractivity contribution in [2.45, 2.75) is 402 Å². The van der Waals surface area contributed by atoms with Gasteiger partial charge in [0.1, 0.15) is 48.8 Å². The lowest BCUT2D eigenvalue weighted by atomic mass is 9.97. The zero-order chi connectivity index (χ0) is 58.8. The number of carbonyl (C=O) groups excluding carboxylic acids is 1. The van der Waals surface area contributed by atoms with Crippen LogP contribution in [0.25, 0.3) is 0 Å². The van der Waals surface area contributed by atoms with E-state index < -0.39 is 86.8 Å². The second-order valence-corrected chi connectivity index (χ2v) is 25.0. The highest BCUT2D eigenvalue weighted by Gasteiger charge is 2.51. The van der Waals surface area contributed by atoms with Crippen LogP contribution in [0, 0.1) is 0 Å². The molecule has 9 N–H and O–H groups in total. The number of nitrogens with one attached hydrogen (secondary N) is 1. The second-order valence-electron chi connectivity index (χ2n) is 25.0. The van der Waals surface area contributed by atoms with Crippen LogP contribution in [0.3, 0.4) is 0 Å². The van der Waals surface area contributed by atoms with Crippen molar-refractivity contribution in [3.05, 3.63) is 0 Å². The van der Waals surface area contributed by atoms with Gasteiger partial charge in [-0.05, 0) is 12.8 Å². The third kappa shape index (κ3) is 38.0. The first-order chi connectivity index (χ1) is 39.6. The molecule has 2 aliphatic heterocycles. The molecule has 2 aliphatic rings. The SMILES string of the molecule is CCCCCCCCCCCCCCCCCCCCCCCCCCCCCCCC(O)C(COC1OC(CO)C(OC2OC(CO)C(O)C(O)C2O)C(O)C1O)NC(=O)CCCCCCCCCCCCCCCCCCCC. The van der Waals surface area contributed by atoms with E-state index in [0.717, 1.165) is 51.4 Å². The van der Waals surface area contributed by atoms with E-state index in [0.29, 0.717) is 12.8 Å². The van der Waals surface area contributed by atoms with Crippen LogP contribution in [0.4, 0.5) is 0 Å². The van der Waals surface area contributed by atoms with E-state index in [9.17, 15) is 45.6 Å². The summed E-state index contributed by atoms with van der Waals surface area (Å²) in [5.74, 6) is -0.198. The quantitative estimate of drug-likeness (QED) is 0.0259. The van der Waals surface area contributed by atoms with E-state index in [4.69, 9.17) is 18.9 Å². The molecule has 12 atom stereocenters. The predicted octanol–water partition coefficient (Wildman–Crippen LogP) is 13.6. The molecule has 0 aliphatic carbocycles. The standard InChI is InChI=1S/C67H131NO13/c1-3-5-7-9-11-13-15-17-19-21-23-24-25-26-27-28-29-30-31-32-33-34-36-38-40-42-44-46-48-50-56(71)55(68-59(72)51-49-47-45-43-41-39-37-35-22-20-18-16-14-12-10-8-6-4-2)54-78-66-64(77)62(75)65(58(53-70)80-66)81-67-63(76)61(74)60(73)57(52-69)79-67/h55-58,60-67,69-71,73-77H,3-54H2,1-2H3,(H,68,72). The van der Waals surface area contributed by atoms with Gasteiger partial charge in [-0.15, -0.1) is 0 Å². The topological polar surface area (TPSA) is 228 Å². The van der Waals surface area contributed by atoms with E-state index in [1.54, 1.807) is 0 Å². The smallest absolute Gasteiger partial charge is 0.220 e. The molecule has 2 fully saturated rings. The molecule has 0 radical (unpaired) electrons. The van der Waals surface area contributed by atoms with Crippen LogP contribution in [-0.4, -0.2) is 140 Å². The third-order valence-corrected chi connectivity index (χ3v) is 17.6. The van der Waals surface area contributed by atoms with Gasteiger partial charge < -0.3 is 65.1 Å². The Bertz CT molecular complexity index is 1360. The number of aliphatic hydroxyl groups is 8. The molecule has 14 nitrogen and oxygen atoms in total. The van der Waals surface area contributed by atoms with Crippen molar-refractivity contribution in [2.75, 3.05) is 19.8 Å². The Morgan fingerprint density at radius 2 is 0.704 bits per heavy atom. The van der Waals surface area contributed by atoms with E-state index in [1.807, 2.05) is 0 Å². The lowest BCUT2D eigenvalue weighted by Crippen LogP contribution is -2.65. The molecule has 14 heteroatoms. The highest BCUT2D eigenvalue weighted by molar-refractivity contribution is 5.76. The molecule has 0 spiro atoms. The van der Waals surface area contributed by atoms with Crippen LogP contribution in [-0.2, 0) is 23.7 Å². The van der Waals surface area contributed by atoms with Crippen LogP contribution >= 0.6 is 0 Å². The molecule has 2 heterocycles. The summed E-state index contributed by atoms with van der Waals surface area (Å²) in [6.45, 7) is 2.92. The van der Waals surface area contributed by atoms with Crippen molar-refractivity contribution >= 4 is 5.91 Å². The van der Waals surface area contributed by atoms with E-state index in [1.165, 1.54) is 250 Å². The molecule has 1 amide bonds. The summed E-state index contributed by atoms with van der Waals surface area (Å²) in [5, 5.41) is 87.5. The summed E-state index contributed by atoms with van der Waals surface area (Å²) < 4.78 is 22.9. The van der Waals surface area contributed by atoms with E-state index in [2.05, 4.69) is 19.2 Å². The van der Waals surface area contributed by atoms with Gasteiger partial charge in [-0.25, -0.2) is 0 Å². The summed E-state index contributed by atoms with van der Waals surface area (Å²) in [6, 6.07) is -0.824. The lowest BCUT2D eigenvalue weighted by Gasteiger charge is -2.46. The molecule has 0 bridgehead atoms. The zero-order valence-corrected chi connectivity index (χ0v) is 52.3. The minimum absolute atomic E-state index is 0.198. The van der Waals surface area contributed by atoms with Crippen molar-refractivity contribution in [3.63, 3.8) is 0 Å². The van der Waals surface area contributed by atoms with E-state index >= 15 is 0 Å². The summed E-state index contributed by atoms with van der Waals surface area (Å²) in [6.07, 6.45) is 45.5. The van der Waals surface area contributed by atoms with Gasteiger partial charge in [0.15, 0.2) is 12.6 Å². The van der Waals surface area contributed by atoms with Crippen molar-refractivity contribution < 1.29 is 64.6 Å². The van der Waals surface area contributed by atoms with Crippen molar-refractivity contribution in [1.29, 1.82) is 0 Å². The number of hydrogen-bond donors (Lipinski definition) is 9. The first kappa shape index (κ1) is 76.1. The molecule has 12 unspecified atom stereocenters. The normalized spacial score (nSPS) is 24.0. The molecule has 0 aromatic heterocycles. The first-order valence-corrected chi connectivity index (χ1v) is 34.8. The van der Waals surface area contributed by atoms with Gasteiger partial charge in [0, 0.05) is 6.42 Å². The van der Waals surface area contributed by atoms with Gasteiger partial charge in [-0.1, -0.05) is 309 Å². The largest absolute Gasteiger partial charge is 0.394 e. The Morgan fingerprint density at radius 1 is 0.395 bits per heavy atom. The van der Waals surface area contributed by atoms with Crippen LogP contribution < -0.4 is 5.32 Å². The molecule has 2 rings (SSSR count). The highest BCUT2D eigenvalue weighted by Crippen LogP contribution is 2.30. The molecule has 0 aromatic carbocycles. The second kappa shape index (κ2) is 53.2. The Labute approximate surface area is 495 Å². The average Bonchev–Trinajstić information content (AvgIpc) is 3.62. The Morgan fingerprint density at radius 3 is 1.05 bits per heavy atom. The van der Waals surface area contributed by atoms with Gasteiger partial charge in [0.25, 0.3) is 0 Å². The minimum atomic E-state index is -1.78. The maximum atomic E-state index is 13.3. The molecule has 81 heavy (non-hydrogen) atoms. The number of carbonyl (C=O) groups is 1. The fourth-order valence-electron chi connectivity index (χ4n) is 12.0. The molecule has 482 valence electrons. The lowest BCUT2D eigenvalue weighted by molar-refractivity contribution is -0.359. The van der Waals surface area contributed by atoms with Gasteiger partial charge in [0.2, 0.25) is 5.91 Å². The Balaban J connectivity index is 1.65. The number of unbranched alkanes of at least 4 members (excludes halogenated alkanes) is 45. The predicted molar refractivity (Wildman–Crippen MR) is 328 cm³/mol. The van der Waals surface area contributed by atoms with Crippen molar-refractivity contribution in [3.8, 4) is 0 Å². The van der Waals surface area contributed by atoms with Crippen molar-refractivity contribution in [1.82, 2.24) is 5.32 Å². The monoisotopic (exact) mass is 1160 g/mol. The third-order valence-electron chi connectivity index (χ3n) is 17.6. The van der Waals surface area contributed by atoms with Gasteiger partial charge in [0.05, 0.1) is 32.0 Å². The maximum Gasteiger partial charge on any atom is 0.220 e. The minimum Gasteiger partial charge on any atom is -0.394 e. The summed E-state index contributed by atoms with van der Waals surface area (Å²) in [5.41, 5.74) is 0. The molecule has 2 saturated heterocycles. The van der Waals surface area contributed by atoms with Gasteiger partial charge in [-0.2, -0.15) is 0 Å². The number of aliphatic hydroxyl groups excluding tert-OH is 8. The zero-order valence-electron chi connectivity index (χ0n) is 52.3. The fourth-order valence-corrected chi connectivity index (χ4v) is 12.0. The first-order valence-electron chi connectivity index (χ1n) is 34.8. The molecular formula is C67H131NO13. The number of amides is 1. The maximum absolute atomic E-state index is 13.3. The number of ether oxygens (including phenoxy) is 4. The van der Waals surface area contributed by atoms with Crippen LogP contribution in [0.15, 0.2) is 0 Å². The number of hydrogen-bond acceptors (Lipinski definition) is 13. The van der Waals surface area contributed by atoms with Crippen molar-refractivity contribution in [2.24, 2.45) is 0 Å². The summed E-state index contributed by atoms with van der Waals surface area (Å²) in [4.78, 5) is 13.3. The average molecular weight is 1160 g/mol.